The summed E-state index contributed by atoms with van der Waals surface area (Å²) in [5.74, 6) is -0.221. The van der Waals surface area contributed by atoms with Crippen LogP contribution in [0.15, 0.2) is 0 Å². The summed E-state index contributed by atoms with van der Waals surface area (Å²) >= 11 is 0. The van der Waals surface area contributed by atoms with E-state index in [1.54, 1.807) is 0 Å². The van der Waals surface area contributed by atoms with Gasteiger partial charge in [0.05, 0.1) is 5.22 Å². The van der Waals surface area contributed by atoms with Crippen LogP contribution < -0.4 is 0 Å². The number of rotatable bonds is 0. The van der Waals surface area contributed by atoms with E-state index in [0.717, 1.165) is 0 Å². The molecular formula is C7H14O3Si. The number of carbonyl (C=O) groups is 1. The summed E-state index contributed by atoms with van der Waals surface area (Å²) in [5, 5.41) is -0.249. The van der Waals surface area contributed by atoms with Crippen molar-refractivity contribution in [3.8, 4) is 0 Å². The maximum Gasteiger partial charge on any atom is 0.318 e. The first-order valence-electron chi connectivity index (χ1n) is 3.71. The molecule has 1 fully saturated rings. The number of hydrogen-bond donors (Lipinski definition) is 0. The molecule has 3 nitrogen and oxygen atoms in total. The molecule has 0 aliphatic carbocycles. The third-order valence-corrected chi connectivity index (χ3v) is 6.15. The van der Waals surface area contributed by atoms with Crippen molar-refractivity contribution in [2.75, 3.05) is 6.61 Å². The fourth-order valence-corrected chi connectivity index (χ4v) is 2.14. The summed E-state index contributed by atoms with van der Waals surface area (Å²) in [7, 11) is -1.95. The van der Waals surface area contributed by atoms with Gasteiger partial charge >= 0.3 is 5.97 Å². The van der Waals surface area contributed by atoms with Gasteiger partial charge in [-0.15, -0.1) is 0 Å². The van der Waals surface area contributed by atoms with Gasteiger partial charge in [0.1, 0.15) is 6.61 Å². The minimum absolute atomic E-state index is 0.101. The van der Waals surface area contributed by atoms with Crippen LogP contribution in [0.1, 0.15) is 13.8 Å². The number of ether oxygens (including phenoxy) is 1. The van der Waals surface area contributed by atoms with Crippen LogP contribution in [-0.2, 0) is 14.0 Å². The van der Waals surface area contributed by atoms with E-state index >= 15 is 0 Å². The van der Waals surface area contributed by atoms with Gasteiger partial charge < -0.3 is 9.16 Å². The average molecular weight is 174 g/mol. The van der Waals surface area contributed by atoms with E-state index in [4.69, 9.17) is 9.16 Å². The van der Waals surface area contributed by atoms with Crippen LogP contribution in [0, 0.1) is 0 Å². The molecule has 0 aromatic carbocycles. The van der Waals surface area contributed by atoms with Crippen molar-refractivity contribution in [2.24, 2.45) is 0 Å². The first kappa shape index (κ1) is 8.74. The molecular weight excluding hydrogens is 160 g/mol. The second kappa shape index (κ2) is 2.32. The summed E-state index contributed by atoms with van der Waals surface area (Å²) in [4.78, 5) is 10.9. The van der Waals surface area contributed by atoms with E-state index in [0.29, 0.717) is 0 Å². The standard InChI is InChI=1S/C7H14O3Si/c1-7(2)9-5-6(8)10-11(7,3)4/h5H2,1-4H3. The minimum Gasteiger partial charge on any atom is -0.515 e. The Morgan fingerprint density at radius 1 is 1.45 bits per heavy atom. The first-order chi connectivity index (χ1) is 4.85. The van der Waals surface area contributed by atoms with Gasteiger partial charge in [-0.05, 0) is 26.9 Å². The van der Waals surface area contributed by atoms with Gasteiger partial charge in [0.15, 0.2) is 0 Å². The van der Waals surface area contributed by atoms with Crippen LogP contribution in [0.2, 0.25) is 13.1 Å². The van der Waals surface area contributed by atoms with Gasteiger partial charge in [-0.1, -0.05) is 0 Å². The normalized spacial score (nSPS) is 27.8. The second-order valence-corrected chi connectivity index (χ2v) is 8.21. The predicted octanol–water partition coefficient (Wildman–Crippen LogP) is 1.08. The van der Waals surface area contributed by atoms with Crippen LogP contribution in [0.5, 0.6) is 0 Å². The first-order valence-corrected chi connectivity index (χ1v) is 6.62. The largest absolute Gasteiger partial charge is 0.515 e. The van der Waals surface area contributed by atoms with E-state index in [9.17, 15) is 4.79 Å². The lowest BCUT2D eigenvalue weighted by molar-refractivity contribution is -0.151. The quantitative estimate of drug-likeness (QED) is 0.516. The summed E-state index contributed by atoms with van der Waals surface area (Å²) < 4.78 is 10.6. The van der Waals surface area contributed by atoms with E-state index in [1.807, 2.05) is 26.9 Å². The molecule has 0 radical (unpaired) electrons. The van der Waals surface area contributed by atoms with Crippen molar-refractivity contribution in [1.82, 2.24) is 0 Å². The number of hydrogen-bond acceptors (Lipinski definition) is 3. The fraction of sp³-hybridized carbons (Fsp3) is 0.857. The summed E-state index contributed by atoms with van der Waals surface area (Å²) in [6.45, 7) is 8.04. The summed E-state index contributed by atoms with van der Waals surface area (Å²) in [5.41, 5.74) is 0. The zero-order chi connectivity index (χ0) is 8.70. The maximum absolute atomic E-state index is 10.9. The van der Waals surface area contributed by atoms with Gasteiger partial charge in [0.2, 0.25) is 0 Å². The molecule has 1 aliphatic rings. The van der Waals surface area contributed by atoms with Gasteiger partial charge in [-0.25, -0.2) is 0 Å². The Bertz CT molecular complexity index is 186. The van der Waals surface area contributed by atoms with Crippen LogP contribution in [0.4, 0.5) is 0 Å². The highest BCUT2D eigenvalue weighted by Crippen LogP contribution is 2.28. The highest BCUT2D eigenvalue weighted by atomic mass is 28.4. The molecule has 1 heterocycles. The van der Waals surface area contributed by atoms with Crippen molar-refractivity contribution in [2.45, 2.75) is 32.2 Å². The summed E-state index contributed by atoms with van der Waals surface area (Å²) in [6, 6.07) is 0. The average Bonchev–Trinajstić information content (AvgIpc) is 1.80. The van der Waals surface area contributed by atoms with Gasteiger partial charge in [0, 0.05) is 0 Å². The van der Waals surface area contributed by atoms with Crippen LogP contribution in [-0.4, -0.2) is 26.1 Å². The Morgan fingerprint density at radius 3 is 2.36 bits per heavy atom. The molecule has 1 saturated heterocycles. The van der Waals surface area contributed by atoms with Gasteiger partial charge in [-0.3, -0.25) is 4.79 Å². The molecule has 0 amide bonds. The highest BCUT2D eigenvalue weighted by Gasteiger charge is 2.48. The third-order valence-electron chi connectivity index (χ3n) is 2.37. The predicted molar refractivity (Wildman–Crippen MR) is 43.6 cm³/mol. The lowest BCUT2D eigenvalue weighted by Crippen LogP contribution is -2.60. The Balaban J connectivity index is 2.80. The van der Waals surface area contributed by atoms with E-state index < -0.39 is 8.32 Å². The Morgan fingerprint density at radius 2 is 2.00 bits per heavy atom. The van der Waals surface area contributed by atoms with Crippen molar-refractivity contribution >= 4 is 14.3 Å². The molecule has 0 unspecified atom stereocenters. The van der Waals surface area contributed by atoms with Crippen molar-refractivity contribution < 1.29 is 14.0 Å². The smallest absolute Gasteiger partial charge is 0.318 e. The molecule has 0 spiro atoms. The van der Waals surface area contributed by atoms with Crippen LogP contribution in [0.3, 0.4) is 0 Å². The molecule has 0 atom stereocenters. The highest BCUT2D eigenvalue weighted by molar-refractivity contribution is 6.75. The van der Waals surface area contributed by atoms with Crippen molar-refractivity contribution in [1.29, 1.82) is 0 Å². The molecule has 0 aromatic heterocycles. The molecule has 1 aliphatic heterocycles. The molecule has 0 N–H and O–H groups in total. The molecule has 11 heavy (non-hydrogen) atoms. The Kier molecular flexibility index (Phi) is 1.84. The Hall–Kier alpha value is -0.353. The van der Waals surface area contributed by atoms with Crippen molar-refractivity contribution in [3.05, 3.63) is 0 Å². The molecule has 1 rings (SSSR count). The molecule has 0 aromatic rings. The Labute approximate surface area is 67.8 Å². The zero-order valence-corrected chi connectivity index (χ0v) is 8.43. The number of carbonyl (C=O) groups excluding carboxylic acids is 1. The molecule has 0 bridgehead atoms. The minimum atomic E-state index is -1.95. The van der Waals surface area contributed by atoms with E-state index in [2.05, 4.69) is 0 Å². The third kappa shape index (κ3) is 1.46. The summed E-state index contributed by atoms with van der Waals surface area (Å²) in [6.07, 6.45) is 0. The molecule has 4 heteroatoms. The lowest BCUT2D eigenvalue weighted by Gasteiger charge is -2.41. The second-order valence-electron chi connectivity index (χ2n) is 3.78. The van der Waals surface area contributed by atoms with Crippen LogP contribution in [0.25, 0.3) is 0 Å². The lowest BCUT2D eigenvalue weighted by atomic mass is 10.4. The van der Waals surface area contributed by atoms with E-state index in [-0.39, 0.29) is 17.8 Å². The maximum atomic E-state index is 10.9. The molecule has 64 valence electrons. The van der Waals surface area contributed by atoms with Gasteiger partial charge in [-0.2, -0.15) is 0 Å². The van der Waals surface area contributed by atoms with Crippen molar-refractivity contribution in [3.63, 3.8) is 0 Å². The monoisotopic (exact) mass is 174 g/mol. The van der Waals surface area contributed by atoms with Gasteiger partial charge in [0.25, 0.3) is 8.32 Å². The SMILES string of the molecule is CC1(C)OCC(=O)O[Si]1(C)C. The zero-order valence-electron chi connectivity index (χ0n) is 7.43. The van der Waals surface area contributed by atoms with Crippen LogP contribution >= 0.6 is 0 Å². The van der Waals surface area contributed by atoms with E-state index in [1.165, 1.54) is 0 Å². The fourth-order valence-electron chi connectivity index (χ4n) is 0.850. The topological polar surface area (TPSA) is 35.5 Å². The molecule has 0 saturated carbocycles.